The first-order chi connectivity index (χ1) is 8.65. The summed E-state index contributed by atoms with van der Waals surface area (Å²) in [6.07, 6.45) is 20.7. The van der Waals surface area contributed by atoms with Crippen LogP contribution in [0.1, 0.15) is 59.3 Å². The van der Waals surface area contributed by atoms with Gasteiger partial charge < -0.3 is 5.11 Å². The molecule has 0 aromatic carbocycles. The molecule has 2 nitrogen and oxygen atoms in total. The Morgan fingerprint density at radius 1 is 0.889 bits per heavy atom. The van der Waals surface area contributed by atoms with E-state index >= 15 is 0 Å². The minimum atomic E-state index is -0.833. The molecule has 0 rings (SSSR count). The highest BCUT2D eigenvalue weighted by Crippen LogP contribution is 1.99. The van der Waals surface area contributed by atoms with Crippen LogP contribution in [0.15, 0.2) is 36.5 Å². The van der Waals surface area contributed by atoms with Crippen molar-refractivity contribution in [1.29, 1.82) is 0 Å². The Bertz CT molecular complexity index is 246. The fourth-order valence-corrected chi connectivity index (χ4v) is 1.19. The third-order valence-electron chi connectivity index (χ3n) is 1.99. The summed E-state index contributed by atoms with van der Waals surface area (Å²) in [5.41, 5.74) is 0. The maximum absolute atomic E-state index is 9.00. The van der Waals surface area contributed by atoms with Crippen LogP contribution in [0.25, 0.3) is 0 Å². The second-order valence-electron chi connectivity index (χ2n) is 3.92. The molecule has 0 amide bonds. The number of hydrogen-bond donors (Lipinski definition) is 1. The van der Waals surface area contributed by atoms with Crippen molar-refractivity contribution in [2.24, 2.45) is 0 Å². The Labute approximate surface area is 112 Å². The molecule has 0 unspecified atom stereocenters. The minimum Gasteiger partial charge on any atom is -0.481 e. The van der Waals surface area contributed by atoms with Crippen LogP contribution in [0.3, 0.4) is 0 Å². The number of allylic oxidation sites excluding steroid dienone is 6. The topological polar surface area (TPSA) is 37.3 Å². The van der Waals surface area contributed by atoms with Gasteiger partial charge in [-0.2, -0.15) is 0 Å². The van der Waals surface area contributed by atoms with Gasteiger partial charge in [0.05, 0.1) is 0 Å². The van der Waals surface area contributed by atoms with Gasteiger partial charge in [-0.1, -0.05) is 50.3 Å². The SMILES string of the molecule is CC(=O)O.CCC=CCC=CCCCC=CCC. The summed E-state index contributed by atoms with van der Waals surface area (Å²) in [5, 5.41) is 7.42. The van der Waals surface area contributed by atoms with Gasteiger partial charge in [0.1, 0.15) is 0 Å². The Kier molecular flexibility index (Phi) is 19.1. The van der Waals surface area contributed by atoms with Crippen molar-refractivity contribution >= 4 is 5.97 Å². The van der Waals surface area contributed by atoms with Crippen LogP contribution in [0.5, 0.6) is 0 Å². The molecule has 18 heavy (non-hydrogen) atoms. The largest absolute Gasteiger partial charge is 0.481 e. The predicted octanol–water partition coefficient (Wildman–Crippen LogP) is 5.13. The van der Waals surface area contributed by atoms with Crippen molar-refractivity contribution in [3.05, 3.63) is 36.5 Å². The normalized spacial score (nSPS) is 11.1. The van der Waals surface area contributed by atoms with E-state index in [1.54, 1.807) is 0 Å². The lowest BCUT2D eigenvalue weighted by molar-refractivity contribution is -0.134. The quantitative estimate of drug-likeness (QED) is 0.480. The number of aliphatic carboxylic acids is 1. The summed E-state index contributed by atoms with van der Waals surface area (Å²) < 4.78 is 0. The molecule has 0 bridgehead atoms. The van der Waals surface area contributed by atoms with E-state index in [0.717, 1.165) is 26.2 Å². The zero-order chi connectivity index (χ0) is 14.1. The first kappa shape index (κ1) is 19.0. The molecule has 0 aliphatic rings. The fraction of sp³-hybridized carbons (Fsp3) is 0.562. The lowest BCUT2D eigenvalue weighted by Crippen LogP contribution is -1.78. The molecular formula is C16H28O2. The summed E-state index contributed by atoms with van der Waals surface area (Å²) >= 11 is 0. The average molecular weight is 252 g/mol. The standard InChI is InChI=1S/C14H24.C2H4O2/c1-3-5-7-9-11-13-14-12-10-8-6-4-2;1-2(3)4/h5-8,11,13H,3-4,9-10,12,14H2,1-2H3;1H3,(H,3,4). The Balaban J connectivity index is 0. The van der Waals surface area contributed by atoms with Gasteiger partial charge in [0.15, 0.2) is 0 Å². The van der Waals surface area contributed by atoms with Gasteiger partial charge in [-0.3, -0.25) is 4.79 Å². The molecule has 0 saturated carbocycles. The van der Waals surface area contributed by atoms with Crippen molar-refractivity contribution in [3.63, 3.8) is 0 Å². The summed E-state index contributed by atoms with van der Waals surface area (Å²) in [6.45, 7) is 5.43. The van der Waals surface area contributed by atoms with Crippen molar-refractivity contribution in [3.8, 4) is 0 Å². The average Bonchev–Trinajstić information content (AvgIpc) is 2.31. The van der Waals surface area contributed by atoms with Crippen LogP contribution in [0.2, 0.25) is 0 Å². The molecule has 0 radical (unpaired) electrons. The van der Waals surface area contributed by atoms with Crippen LogP contribution in [0.4, 0.5) is 0 Å². The van der Waals surface area contributed by atoms with Gasteiger partial charge in [-0.05, 0) is 38.5 Å². The predicted molar refractivity (Wildman–Crippen MR) is 79.8 cm³/mol. The van der Waals surface area contributed by atoms with Crippen molar-refractivity contribution in [2.75, 3.05) is 0 Å². The van der Waals surface area contributed by atoms with Gasteiger partial charge >= 0.3 is 0 Å². The van der Waals surface area contributed by atoms with Crippen LogP contribution < -0.4 is 0 Å². The third-order valence-corrected chi connectivity index (χ3v) is 1.99. The van der Waals surface area contributed by atoms with Crippen molar-refractivity contribution in [1.82, 2.24) is 0 Å². The summed E-state index contributed by atoms with van der Waals surface area (Å²) in [7, 11) is 0. The van der Waals surface area contributed by atoms with E-state index in [0.29, 0.717) is 0 Å². The highest BCUT2D eigenvalue weighted by molar-refractivity contribution is 5.62. The van der Waals surface area contributed by atoms with E-state index in [1.807, 2.05) is 0 Å². The van der Waals surface area contributed by atoms with E-state index in [4.69, 9.17) is 9.90 Å². The highest BCUT2D eigenvalue weighted by atomic mass is 16.4. The molecule has 1 N–H and O–H groups in total. The number of hydrogen-bond acceptors (Lipinski definition) is 1. The molecule has 0 saturated heterocycles. The fourth-order valence-electron chi connectivity index (χ4n) is 1.19. The maximum atomic E-state index is 9.00. The molecule has 0 aromatic rings. The molecule has 0 aromatic heterocycles. The molecule has 0 heterocycles. The lowest BCUT2D eigenvalue weighted by Gasteiger charge is -1.89. The second kappa shape index (κ2) is 18.1. The third kappa shape index (κ3) is 29.3. The molecule has 0 fully saturated rings. The Hall–Kier alpha value is -1.31. The van der Waals surface area contributed by atoms with E-state index < -0.39 is 5.97 Å². The Morgan fingerprint density at radius 2 is 1.28 bits per heavy atom. The van der Waals surface area contributed by atoms with Crippen LogP contribution in [-0.2, 0) is 4.79 Å². The van der Waals surface area contributed by atoms with Gasteiger partial charge in [-0.25, -0.2) is 0 Å². The first-order valence-electron chi connectivity index (χ1n) is 6.79. The molecule has 0 aliphatic carbocycles. The van der Waals surface area contributed by atoms with Gasteiger partial charge in [0, 0.05) is 6.92 Å². The number of carbonyl (C=O) groups is 1. The zero-order valence-electron chi connectivity index (χ0n) is 12.1. The summed E-state index contributed by atoms with van der Waals surface area (Å²) in [4.78, 5) is 9.00. The molecule has 0 spiro atoms. The van der Waals surface area contributed by atoms with E-state index in [9.17, 15) is 0 Å². The summed E-state index contributed by atoms with van der Waals surface area (Å²) in [6, 6.07) is 0. The first-order valence-corrected chi connectivity index (χ1v) is 6.79. The smallest absolute Gasteiger partial charge is 0.300 e. The number of rotatable bonds is 8. The zero-order valence-corrected chi connectivity index (χ0v) is 12.1. The van der Waals surface area contributed by atoms with Gasteiger partial charge in [0.2, 0.25) is 0 Å². The Morgan fingerprint density at radius 3 is 1.78 bits per heavy atom. The van der Waals surface area contributed by atoms with Crippen LogP contribution in [-0.4, -0.2) is 11.1 Å². The van der Waals surface area contributed by atoms with Crippen LogP contribution >= 0.6 is 0 Å². The molecule has 104 valence electrons. The number of unbranched alkanes of at least 4 members (excludes halogenated alkanes) is 2. The van der Waals surface area contributed by atoms with Gasteiger partial charge in [0.25, 0.3) is 5.97 Å². The summed E-state index contributed by atoms with van der Waals surface area (Å²) in [5.74, 6) is -0.833. The van der Waals surface area contributed by atoms with E-state index in [2.05, 4.69) is 50.3 Å². The molecule has 0 aliphatic heterocycles. The van der Waals surface area contributed by atoms with E-state index in [-0.39, 0.29) is 0 Å². The molecule has 2 heteroatoms. The number of carboxylic acid groups (broad SMARTS) is 1. The monoisotopic (exact) mass is 252 g/mol. The van der Waals surface area contributed by atoms with Gasteiger partial charge in [-0.15, -0.1) is 0 Å². The number of carboxylic acids is 1. The molecule has 0 atom stereocenters. The second-order valence-corrected chi connectivity index (χ2v) is 3.92. The van der Waals surface area contributed by atoms with Crippen LogP contribution in [0, 0.1) is 0 Å². The molecular weight excluding hydrogens is 224 g/mol. The minimum absolute atomic E-state index is 0.833. The van der Waals surface area contributed by atoms with Crippen molar-refractivity contribution in [2.45, 2.75) is 59.3 Å². The van der Waals surface area contributed by atoms with E-state index in [1.165, 1.54) is 19.3 Å². The van der Waals surface area contributed by atoms with Crippen molar-refractivity contribution < 1.29 is 9.90 Å². The highest BCUT2D eigenvalue weighted by Gasteiger charge is 1.79. The maximum Gasteiger partial charge on any atom is 0.300 e. The lowest BCUT2D eigenvalue weighted by atomic mass is 10.2.